The summed E-state index contributed by atoms with van der Waals surface area (Å²) in [7, 11) is -3.08. The number of hydrogen-bond donors (Lipinski definition) is 0. The number of amides is 1. The fourth-order valence-electron chi connectivity index (χ4n) is 3.24. The van der Waals surface area contributed by atoms with Crippen molar-refractivity contribution in [3.8, 4) is 0 Å². The molecule has 0 aliphatic carbocycles. The number of allylic oxidation sites excluding steroid dienone is 1. The highest BCUT2D eigenvalue weighted by molar-refractivity contribution is 7.94. The summed E-state index contributed by atoms with van der Waals surface area (Å²) in [4.78, 5) is 15.9. The zero-order valence-corrected chi connectivity index (χ0v) is 13.6. The van der Waals surface area contributed by atoms with E-state index in [0.29, 0.717) is 6.42 Å². The molecule has 2 unspecified atom stereocenters. The molecule has 1 amide bonds. The van der Waals surface area contributed by atoms with Gasteiger partial charge in [-0.15, -0.1) is 11.3 Å². The van der Waals surface area contributed by atoms with Crippen LogP contribution in [0.2, 0.25) is 0 Å². The van der Waals surface area contributed by atoms with E-state index in [1.165, 1.54) is 15.8 Å². The van der Waals surface area contributed by atoms with Gasteiger partial charge in [0.05, 0.1) is 11.8 Å². The molecule has 0 N–H and O–H groups in total. The highest BCUT2D eigenvalue weighted by Gasteiger charge is 2.32. The average molecular weight is 325 g/mol. The minimum atomic E-state index is -3.08. The number of sulfone groups is 1. The van der Waals surface area contributed by atoms with E-state index in [1.54, 1.807) is 17.4 Å². The second kappa shape index (κ2) is 5.57. The molecule has 4 nitrogen and oxygen atoms in total. The van der Waals surface area contributed by atoms with Gasteiger partial charge >= 0.3 is 0 Å². The molecular formula is C15H19NO3S2. The van der Waals surface area contributed by atoms with Gasteiger partial charge in [0.2, 0.25) is 5.91 Å². The lowest BCUT2D eigenvalue weighted by atomic mass is 9.96. The van der Waals surface area contributed by atoms with E-state index in [2.05, 4.69) is 18.4 Å². The van der Waals surface area contributed by atoms with Gasteiger partial charge in [-0.1, -0.05) is 13.0 Å². The number of rotatable bonds is 3. The van der Waals surface area contributed by atoms with Gasteiger partial charge in [0.25, 0.3) is 0 Å². The third kappa shape index (κ3) is 2.92. The lowest BCUT2D eigenvalue weighted by molar-refractivity contribution is -0.134. The van der Waals surface area contributed by atoms with Crippen molar-refractivity contribution >= 4 is 27.1 Å². The molecule has 3 heterocycles. The Hall–Kier alpha value is -1.14. The Balaban J connectivity index is 1.72. The van der Waals surface area contributed by atoms with Crippen LogP contribution in [-0.2, 0) is 21.1 Å². The summed E-state index contributed by atoms with van der Waals surface area (Å²) in [6.45, 7) is 2.84. The Labute approximate surface area is 129 Å². The fraction of sp³-hybridized carbons (Fsp3) is 0.533. The summed E-state index contributed by atoms with van der Waals surface area (Å²) >= 11 is 1.76. The summed E-state index contributed by atoms with van der Waals surface area (Å²) in [6, 6.07) is 2.27. The van der Waals surface area contributed by atoms with Crippen molar-refractivity contribution in [1.29, 1.82) is 0 Å². The summed E-state index contributed by atoms with van der Waals surface area (Å²) in [5, 5.41) is 3.34. The van der Waals surface area contributed by atoms with Crippen molar-refractivity contribution < 1.29 is 13.2 Å². The van der Waals surface area contributed by atoms with Gasteiger partial charge in [0, 0.05) is 29.2 Å². The lowest BCUT2D eigenvalue weighted by Crippen LogP contribution is -2.40. The Morgan fingerprint density at radius 2 is 2.29 bits per heavy atom. The van der Waals surface area contributed by atoms with Crippen LogP contribution in [0.1, 0.15) is 36.2 Å². The van der Waals surface area contributed by atoms with E-state index in [0.717, 1.165) is 19.4 Å². The van der Waals surface area contributed by atoms with E-state index < -0.39 is 9.84 Å². The van der Waals surface area contributed by atoms with E-state index in [4.69, 9.17) is 0 Å². The Bertz CT molecular complexity index is 675. The van der Waals surface area contributed by atoms with E-state index in [1.807, 2.05) is 4.90 Å². The number of fused-ring (bicyclic) bond motifs is 1. The van der Waals surface area contributed by atoms with Crippen molar-refractivity contribution in [2.75, 3.05) is 12.3 Å². The molecule has 2 atom stereocenters. The molecule has 6 heteroatoms. The smallest absolute Gasteiger partial charge is 0.223 e. The highest BCUT2D eigenvalue weighted by atomic mass is 32.2. The summed E-state index contributed by atoms with van der Waals surface area (Å²) in [5.41, 5.74) is 1.27. The monoisotopic (exact) mass is 325 g/mol. The zero-order valence-electron chi connectivity index (χ0n) is 12.0. The first-order chi connectivity index (χ1) is 10.00. The quantitative estimate of drug-likeness (QED) is 0.858. The lowest BCUT2D eigenvalue weighted by Gasteiger charge is -2.36. The van der Waals surface area contributed by atoms with Crippen molar-refractivity contribution in [1.82, 2.24) is 4.90 Å². The van der Waals surface area contributed by atoms with Crippen LogP contribution in [0.15, 0.2) is 22.9 Å². The molecule has 0 aromatic carbocycles. The molecule has 0 bridgehead atoms. The molecule has 114 valence electrons. The SMILES string of the molecule is CCC1c2ccsc2CCN1C(=O)CC1C=CS(=O)(=O)C1. The van der Waals surface area contributed by atoms with Crippen molar-refractivity contribution in [3.05, 3.63) is 33.4 Å². The van der Waals surface area contributed by atoms with Gasteiger partial charge in [-0.05, 0) is 29.9 Å². The van der Waals surface area contributed by atoms with E-state index in [-0.39, 0.29) is 23.6 Å². The van der Waals surface area contributed by atoms with Crippen molar-refractivity contribution in [2.45, 2.75) is 32.2 Å². The van der Waals surface area contributed by atoms with Gasteiger partial charge in [-0.2, -0.15) is 0 Å². The normalized spacial score (nSPS) is 26.8. The largest absolute Gasteiger partial charge is 0.335 e. The number of thiophene rings is 1. The molecule has 0 fully saturated rings. The second-order valence-corrected chi connectivity index (χ2v) is 8.61. The molecule has 0 spiro atoms. The van der Waals surface area contributed by atoms with Crippen molar-refractivity contribution in [3.63, 3.8) is 0 Å². The molecule has 21 heavy (non-hydrogen) atoms. The van der Waals surface area contributed by atoms with Crippen LogP contribution in [0.5, 0.6) is 0 Å². The average Bonchev–Trinajstić information content (AvgIpc) is 3.03. The van der Waals surface area contributed by atoms with Gasteiger partial charge in [-0.25, -0.2) is 8.42 Å². The Morgan fingerprint density at radius 3 is 2.95 bits per heavy atom. The van der Waals surface area contributed by atoms with E-state index in [9.17, 15) is 13.2 Å². The van der Waals surface area contributed by atoms with Gasteiger partial charge < -0.3 is 4.90 Å². The molecule has 1 aromatic heterocycles. The molecule has 0 saturated heterocycles. The summed E-state index contributed by atoms with van der Waals surface area (Å²) in [6.07, 6.45) is 3.77. The number of carbonyl (C=O) groups excluding carboxylic acids is 1. The summed E-state index contributed by atoms with van der Waals surface area (Å²) < 4.78 is 22.9. The third-order valence-electron chi connectivity index (χ3n) is 4.24. The molecule has 2 aliphatic rings. The molecule has 2 aliphatic heterocycles. The zero-order chi connectivity index (χ0) is 15.0. The number of hydrogen-bond acceptors (Lipinski definition) is 4. The maximum Gasteiger partial charge on any atom is 0.223 e. The van der Waals surface area contributed by atoms with Gasteiger partial charge in [0.1, 0.15) is 0 Å². The third-order valence-corrected chi connectivity index (χ3v) is 6.70. The maximum atomic E-state index is 12.6. The van der Waals surface area contributed by atoms with Crippen LogP contribution in [-0.4, -0.2) is 31.5 Å². The van der Waals surface area contributed by atoms with Crippen LogP contribution >= 0.6 is 11.3 Å². The number of nitrogens with zero attached hydrogens (tertiary/aromatic N) is 1. The molecule has 0 radical (unpaired) electrons. The molecule has 1 aromatic rings. The second-order valence-electron chi connectivity index (χ2n) is 5.68. The van der Waals surface area contributed by atoms with Gasteiger partial charge in [-0.3, -0.25) is 4.79 Å². The highest BCUT2D eigenvalue weighted by Crippen LogP contribution is 2.36. The summed E-state index contributed by atoms with van der Waals surface area (Å²) in [5.74, 6) is -0.0121. The van der Waals surface area contributed by atoms with Crippen LogP contribution in [0.25, 0.3) is 0 Å². The first kappa shape index (κ1) is 14.8. The Morgan fingerprint density at radius 1 is 1.48 bits per heavy atom. The fourth-order valence-corrected chi connectivity index (χ4v) is 5.57. The van der Waals surface area contributed by atoms with Crippen LogP contribution < -0.4 is 0 Å². The van der Waals surface area contributed by atoms with Crippen LogP contribution in [0.4, 0.5) is 0 Å². The first-order valence-corrected chi connectivity index (χ1v) is 9.86. The van der Waals surface area contributed by atoms with Crippen LogP contribution in [0, 0.1) is 5.92 Å². The van der Waals surface area contributed by atoms with Gasteiger partial charge in [0.15, 0.2) is 9.84 Å². The van der Waals surface area contributed by atoms with Crippen molar-refractivity contribution in [2.24, 2.45) is 5.92 Å². The maximum absolute atomic E-state index is 12.6. The minimum absolute atomic E-state index is 0.0745. The molecular weight excluding hydrogens is 306 g/mol. The molecule has 0 saturated carbocycles. The standard InChI is InChI=1S/C15H19NO3S2/c1-2-13-12-4-7-20-14(12)3-6-16(13)15(17)9-11-5-8-21(18,19)10-11/h4-5,7-8,11,13H,2-3,6,9-10H2,1H3. The number of carbonyl (C=O) groups is 1. The van der Waals surface area contributed by atoms with E-state index >= 15 is 0 Å². The first-order valence-electron chi connectivity index (χ1n) is 7.27. The van der Waals surface area contributed by atoms with Crippen LogP contribution in [0.3, 0.4) is 0 Å². The predicted octanol–water partition coefficient (Wildman–Crippen LogP) is 2.53. The topological polar surface area (TPSA) is 54.5 Å². The predicted molar refractivity (Wildman–Crippen MR) is 83.8 cm³/mol. The molecule has 3 rings (SSSR count). The minimum Gasteiger partial charge on any atom is -0.335 e. The Kier molecular flexibility index (Phi) is 3.92.